The monoisotopic (exact) mass is 315 g/mol. The molecule has 1 aliphatic heterocycles. The van der Waals surface area contributed by atoms with E-state index < -0.39 is 0 Å². The van der Waals surface area contributed by atoms with Crippen LogP contribution in [0.25, 0.3) is 0 Å². The van der Waals surface area contributed by atoms with Gasteiger partial charge in [0.2, 0.25) is 5.88 Å². The largest absolute Gasteiger partial charge is 0.481 e. The van der Waals surface area contributed by atoms with Crippen LogP contribution < -0.4 is 4.74 Å². The fraction of sp³-hybridized carbons (Fsp3) is 0.353. The number of amides is 1. The Morgan fingerprint density at radius 1 is 1.35 bits per heavy atom. The molecule has 0 spiro atoms. The van der Waals surface area contributed by atoms with Crippen molar-refractivity contribution in [2.45, 2.75) is 12.8 Å². The molecule has 1 saturated heterocycles. The van der Waals surface area contributed by atoms with Crippen LogP contribution in [-0.2, 0) is 6.42 Å². The maximum absolute atomic E-state index is 12.9. The van der Waals surface area contributed by atoms with Crippen molar-refractivity contribution in [1.29, 1.82) is 0 Å². The molecule has 1 aromatic carbocycles. The van der Waals surface area contributed by atoms with Crippen molar-refractivity contribution in [2.24, 2.45) is 5.92 Å². The van der Waals surface area contributed by atoms with Gasteiger partial charge in [0.05, 0.1) is 7.11 Å². The summed E-state index contributed by atoms with van der Waals surface area (Å²) < 4.78 is 18.0. The van der Waals surface area contributed by atoms with E-state index in [2.05, 4.69) is 9.97 Å². The summed E-state index contributed by atoms with van der Waals surface area (Å²) in [5.74, 6) is 0.431. The summed E-state index contributed by atoms with van der Waals surface area (Å²) in [7, 11) is 1.51. The Labute approximate surface area is 134 Å². The first kappa shape index (κ1) is 15.4. The van der Waals surface area contributed by atoms with E-state index >= 15 is 0 Å². The second kappa shape index (κ2) is 6.73. The molecule has 0 N–H and O–H groups in total. The standard InChI is InChI=1S/C17H18FN3O2/c1-23-16-9-15(19-11-20-16)17(22)21-7-6-13(10-21)8-12-2-4-14(18)5-3-12/h2-5,9,11,13H,6-8,10H2,1H3. The minimum absolute atomic E-state index is 0.104. The number of hydrogen-bond donors (Lipinski definition) is 0. The van der Waals surface area contributed by atoms with Crippen LogP contribution in [0.1, 0.15) is 22.5 Å². The zero-order valence-corrected chi connectivity index (χ0v) is 12.9. The fourth-order valence-electron chi connectivity index (χ4n) is 2.87. The normalized spacial score (nSPS) is 17.3. The van der Waals surface area contributed by atoms with E-state index in [-0.39, 0.29) is 11.7 Å². The third-order valence-corrected chi connectivity index (χ3v) is 4.08. The lowest BCUT2D eigenvalue weighted by atomic mass is 9.99. The van der Waals surface area contributed by atoms with E-state index in [1.807, 2.05) is 0 Å². The summed E-state index contributed by atoms with van der Waals surface area (Å²) in [4.78, 5) is 22.2. The summed E-state index contributed by atoms with van der Waals surface area (Å²) in [5.41, 5.74) is 1.44. The maximum Gasteiger partial charge on any atom is 0.272 e. The van der Waals surface area contributed by atoms with Crippen molar-refractivity contribution >= 4 is 5.91 Å². The van der Waals surface area contributed by atoms with Gasteiger partial charge in [-0.2, -0.15) is 0 Å². The molecule has 0 aliphatic carbocycles. The van der Waals surface area contributed by atoms with Crippen LogP contribution in [0.2, 0.25) is 0 Å². The van der Waals surface area contributed by atoms with Gasteiger partial charge in [0.25, 0.3) is 5.91 Å². The predicted molar refractivity (Wildman–Crippen MR) is 82.7 cm³/mol. The lowest BCUT2D eigenvalue weighted by Crippen LogP contribution is -2.29. The van der Waals surface area contributed by atoms with Crippen LogP contribution in [0.5, 0.6) is 5.88 Å². The van der Waals surface area contributed by atoms with Crippen LogP contribution in [0.15, 0.2) is 36.7 Å². The van der Waals surface area contributed by atoms with Gasteiger partial charge in [0.1, 0.15) is 17.8 Å². The summed E-state index contributed by atoms with van der Waals surface area (Å²) in [6.07, 6.45) is 3.11. The molecule has 1 unspecified atom stereocenters. The molecule has 2 aromatic rings. The fourth-order valence-corrected chi connectivity index (χ4v) is 2.87. The van der Waals surface area contributed by atoms with Gasteiger partial charge in [-0.3, -0.25) is 4.79 Å². The second-order valence-corrected chi connectivity index (χ2v) is 5.68. The summed E-state index contributed by atoms with van der Waals surface area (Å²) in [5, 5.41) is 0. The van der Waals surface area contributed by atoms with Crippen molar-refractivity contribution < 1.29 is 13.9 Å². The highest BCUT2D eigenvalue weighted by atomic mass is 19.1. The van der Waals surface area contributed by atoms with Crippen LogP contribution in [0.3, 0.4) is 0 Å². The Hall–Kier alpha value is -2.50. The van der Waals surface area contributed by atoms with Crippen molar-refractivity contribution in [3.63, 3.8) is 0 Å². The van der Waals surface area contributed by atoms with Gasteiger partial charge in [-0.05, 0) is 36.5 Å². The summed E-state index contributed by atoms with van der Waals surface area (Å²) >= 11 is 0. The Morgan fingerprint density at radius 3 is 2.87 bits per heavy atom. The Bertz CT molecular complexity index is 690. The molecule has 0 bridgehead atoms. The Kier molecular flexibility index (Phi) is 4.50. The molecule has 23 heavy (non-hydrogen) atoms. The lowest BCUT2D eigenvalue weighted by Gasteiger charge is -2.16. The van der Waals surface area contributed by atoms with E-state index in [4.69, 9.17) is 4.74 Å². The first-order chi connectivity index (χ1) is 11.2. The van der Waals surface area contributed by atoms with Gasteiger partial charge in [-0.1, -0.05) is 12.1 Å². The van der Waals surface area contributed by atoms with Gasteiger partial charge < -0.3 is 9.64 Å². The van der Waals surface area contributed by atoms with Gasteiger partial charge in [0, 0.05) is 19.2 Å². The molecule has 5 nitrogen and oxygen atoms in total. The summed E-state index contributed by atoms with van der Waals surface area (Å²) in [6, 6.07) is 8.10. The minimum atomic E-state index is -0.227. The molecule has 1 aromatic heterocycles. The number of halogens is 1. The number of hydrogen-bond acceptors (Lipinski definition) is 4. The Morgan fingerprint density at radius 2 is 2.13 bits per heavy atom. The van der Waals surface area contributed by atoms with E-state index in [1.54, 1.807) is 23.1 Å². The number of ether oxygens (including phenoxy) is 1. The average molecular weight is 315 g/mol. The van der Waals surface area contributed by atoms with Gasteiger partial charge >= 0.3 is 0 Å². The number of aromatic nitrogens is 2. The molecule has 1 aliphatic rings. The van der Waals surface area contributed by atoms with Gasteiger partial charge in [-0.15, -0.1) is 0 Å². The molecule has 120 valence electrons. The zero-order valence-electron chi connectivity index (χ0n) is 12.9. The molecule has 2 heterocycles. The number of nitrogens with zero attached hydrogens (tertiary/aromatic N) is 3. The SMILES string of the molecule is COc1cc(C(=O)N2CCC(Cc3ccc(F)cc3)C2)ncn1. The molecule has 6 heteroatoms. The number of benzene rings is 1. The predicted octanol–water partition coefficient (Wildman–Crippen LogP) is 2.33. The minimum Gasteiger partial charge on any atom is -0.481 e. The highest BCUT2D eigenvalue weighted by Gasteiger charge is 2.28. The quantitative estimate of drug-likeness (QED) is 0.869. The number of carbonyl (C=O) groups is 1. The van der Waals surface area contributed by atoms with Gasteiger partial charge in [-0.25, -0.2) is 14.4 Å². The van der Waals surface area contributed by atoms with Crippen molar-refractivity contribution in [1.82, 2.24) is 14.9 Å². The van der Waals surface area contributed by atoms with E-state index in [0.717, 1.165) is 18.4 Å². The molecular formula is C17H18FN3O2. The maximum atomic E-state index is 12.9. The molecule has 1 atom stereocenters. The average Bonchev–Trinajstić information content (AvgIpc) is 3.05. The highest BCUT2D eigenvalue weighted by Crippen LogP contribution is 2.22. The number of methoxy groups -OCH3 is 1. The van der Waals surface area contributed by atoms with Crippen LogP contribution >= 0.6 is 0 Å². The van der Waals surface area contributed by atoms with E-state index in [1.165, 1.54) is 25.6 Å². The summed E-state index contributed by atoms with van der Waals surface area (Å²) in [6.45, 7) is 1.39. The molecule has 1 fully saturated rings. The first-order valence-electron chi connectivity index (χ1n) is 7.55. The number of likely N-dealkylation sites (tertiary alicyclic amines) is 1. The second-order valence-electron chi connectivity index (χ2n) is 5.68. The highest BCUT2D eigenvalue weighted by molar-refractivity contribution is 5.92. The van der Waals surface area contributed by atoms with Crippen molar-refractivity contribution in [3.05, 3.63) is 53.7 Å². The number of rotatable bonds is 4. The van der Waals surface area contributed by atoms with E-state index in [9.17, 15) is 9.18 Å². The zero-order chi connectivity index (χ0) is 16.2. The lowest BCUT2D eigenvalue weighted by molar-refractivity contribution is 0.0780. The third-order valence-electron chi connectivity index (χ3n) is 4.08. The van der Waals surface area contributed by atoms with E-state index in [0.29, 0.717) is 30.6 Å². The van der Waals surface area contributed by atoms with Gasteiger partial charge in [0.15, 0.2) is 0 Å². The molecule has 0 radical (unpaired) electrons. The molecule has 3 rings (SSSR count). The smallest absolute Gasteiger partial charge is 0.272 e. The van der Waals surface area contributed by atoms with Crippen LogP contribution in [0.4, 0.5) is 4.39 Å². The van der Waals surface area contributed by atoms with Crippen LogP contribution in [0, 0.1) is 11.7 Å². The van der Waals surface area contributed by atoms with Crippen LogP contribution in [-0.4, -0.2) is 41.0 Å². The molecular weight excluding hydrogens is 297 g/mol. The first-order valence-corrected chi connectivity index (χ1v) is 7.55. The van der Waals surface area contributed by atoms with Crippen molar-refractivity contribution in [3.8, 4) is 5.88 Å². The Balaban J connectivity index is 1.62. The molecule has 0 saturated carbocycles. The third kappa shape index (κ3) is 3.64. The van der Waals surface area contributed by atoms with Crippen molar-refractivity contribution in [2.75, 3.05) is 20.2 Å². The topological polar surface area (TPSA) is 55.3 Å². The molecule has 1 amide bonds. The number of carbonyl (C=O) groups excluding carboxylic acids is 1.